The molecule has 25 heavy (non-hydrogen) atoms. The van der Waals surface area contributed by atoms with Crippen LogP contribution in [0.15, 0.2) is 23.2 Å². The number of halogens is 2. The highest BCUT2D eigenvalue weighted by Crippen LogP contribution is 2.25. The van der Waals surface area contributed by atoms with Gasteiger partial charge < -0.3 is 15.3 Å². The summed E-state index contributed by atoms with van der Waals surface area (Å²) >= 11 is 2.04. The van der Waals surface area contributed by atoms with Gasteiger partial charge in [-0.2, -0.15) is 11.8 Å². The van der Waals surface area contributed by atoms with Crippen molar-refractivity contribution < 1.29 is 9.50 Å². The number of nitrogens with zero attached hydrogens (tertiary/aromatic N) is 2. The Bertz CT molecular complexity index is 571. The molecule has 1 aromatic rings. The number of aliphatic imine (C=N–C) groups is 1. The van der Waals surface area contributed by atoms with E-state index in [1.54, 1.807) is 12.1 Å². The molecule has 1 aliphatic rings. The van der Waals surface area contributed by atoms with Gasteiger partial charge in [-0.1, -0.05) is 19.9 Å². The third-order valence-corrected chi connectivity index (χ3v) is 5.70. The van der Waals surface area contributed by atoms with Gasteiger partial charge in [-0.15, -0.1) is 24.0 Å². The second kappa shape index (κ2) is 11.2. The van der Waals surface area contributed by atoms with E-state index in [1.165, 1.54) is 6.07 Å². The first-order chi connectivity index (χ1) is 11.5. The molecule has 2 rings (SSSR count). The lowest BCUT2D eigenvalue weighted by molar-refractivity contribution is 0.275. The van der Waals surface area contributed by atoms with Crippen LogP contribution in [0.3, 0.4) is 0 Å². The van der Waals surface area contributed by atoms with Gasteiger partial charge in [-0.05, 0) is 30.5 Å². The summed E-state index contributed by atoms with van der Waals surface area (Å²) in [5.74, 6) is 2.30. The standard InChI is InChI=1S/C18H28FN3OS.HI/c1-4-20-18(22-7-8-24-17(11-22)13(2)3)21-10-14-5-6-16(19)15(9-14)12-23;/h5-6,9,13,17,23H,4,7-8,10-12H2,1-3H3,(H,20,21);1H. The van der Waals surface area contributed by atoms with E-state index in [4.69, 9.17) is 4.99 Å². The Morgan fingerprint density at radius 2 is 2.24 bits per heavy atom. The Balaban J connectivity index is 0.00000312. The summed E-state index contributed by atoms with van der Waals surface area (Å²) in [7, 11) is 0. The van der Waals surface area contributed by atoms with Gasteiger partial charge in [-0.25, -0.2) is 9.38 Å². The Morgan fingerprint density at radius 1 is 1.48 bits per heavy atom. The minimum absolute atomic E-state index is 0. The Hall–Kier alpha value is -0.540. The summed E-state index contributed by atoms with van der Waals surface area (Å²) in [5, 5.41) is 13.2. The number of aliphatic hydroxyl groups excluding tert-OH is 1. The highest BCUT2D eigenvalue weighted by Gasteiger charge is 2.24. The average molecular weight is 481 g/mol. The van der Waals surface area contributed by atoms with Crippen molar-refractivity contribution in [2.24, 2.45) is 10.9 Å². The van der Waals surface area contributed by atoms with Crippen molar-refractivity contribution in [3.05, 3.63) is 35.1 Å². The van der Waals surface area contributed by atoms with E-state index in [1.807, 2.05) is 11.8 Å². The van der Waals surface area contributed by atoms with E-state index in [2.05, 4.69) is 31.0 Å². The maximum atomic E-state index is 13.5. The third kappa shape index (κ3) is 6.60. The number of aliphatic hydroxyl groups is 1. The van der Waals surface area contributed by atoms with E-state index in [0.717, 1.165) is 36.9 Å². The zero-order valence-corrected chi connectivity index (χ0v) is 18.3. The molecular weight excluding hydrogens is 452 g/mol. The van der Waals surface area contributed by atoms with Gasteiger partial charge in [0, 0.05) is 36.2 Å². The van der Waals surface area contributed by atoms with E-state index in [0.29, 0.717) is 23.3 Å². The summed E-state index contributed by atoms with van der Waals surface area (Å²) in [6, 6.07) is 4.81. The van der Waals surface area contributed by atoms with Crippen molar-refractivity contribution in [3.8, 4) is 0 Å². The van der Waals surface area contributed by atoms with E-state index in [-0.39, 0.29) is 36.4 Å². The molecule has 0 radical (unpaired) electrons. The minimum Gasteiger partial charge on any atom is -0.392 e. The predicted molar refractivity (Wildman–Crippen MR) is 115 cm³/mol. The fourth-order valence-corrected chi connectivity index (χ4v) is 4.01. The first-order valence-electron chi connectivity index (χ1n) is 8.58. The van der Waals surface area contributed by atoms with Gasteiger partial charge in [0.05, 0.1) is 13.2 Å². The highest BCUT2D eigenvalue weighted by molar-refractivity contribution is 14.0. The van der Waals surface area contributed by atoms with Crippen LogP contribution in [0.4, 0.5) is 4.39 Å². The molecule has 0 bridgehead atoms. The number of hydrogen-bond donors (Lipinski definition) is 2. The monoisotopic (exact) mass is 481 g/mol. The SMILES string of the molecule is CCNC(=NCc1ccc(F)c(CO)c1)N1CCSC(C(C)C)C1.I. The molecule has 1 saturated heterocycles. The van der Waals surface area contributed by atoms with Crippen LogP contribution >= 0.6 is 35.7 Å². The van der Waals surface area contributed by atoms with Crippen molar-refractivity contribution in [2.45, 2.75) is 39.2 Å². The normalized spacial score (nSPS) is 18.2. The minimum atomic E-state index is -0.370. The van der Waals surface area contributed by atoms with Crippen LogP contribution in [0.2, 0.25) is 0 Å². The molecule has 0 saturated carbocycles. The molecule has 7 heteroatoms. The van der Waals surface area contributed by atoms with Crippen molar-refractivity contribution in [1.82, 2.24) is 10.2 Å². The summed E-state index contributed by atoms with van der Waals surface area (Å²) < 4.78 is 13.5. The van der Waals surface area contributed by atoms with Gasteiger partial charge in [-0.3, -0.25) is 0 Å². The molecule has 0 aromatic heterocycles. The third-order valence-electron chi connectivity index (χ3n) is 4.16. The van der Waals surface area contributed by atoms with Gasteiger partial charge >= 0.3 is 0 Å². The number of thioether (sulfide) groups is 1. The Kier molecular flexibility index (Phi) is 10.1. The molecule has 0 amide bonds. The van der Waals surface area contributed by atoms with Crippen molar-refractivity contribution >= 4 is 41.7 Å². The number of nitrogens with one attached hydrogen (secondary N) is 1. The fourth-order valence-electron chi connectivity index (χ4n) is 2.71. The van der Waals surface area contributed by atoms with Crippen molar-refractivity contribution in [2.75, 3.05) is 25.4 Å². The molecule has 0 aliphatic carbocycles. The van der Waals surface area contributed by atoms with Crippen LogP contribution in [0.1, 0.15) is 31.9 Å². The van der Waals surface area contributed by atoms with Crippen LogP contribution in [0, 0.1) is 11.7 Å². The molecule has 1 fully saturated rings. The molecule has 1 heterocycles. The molecule has 0 spiro atoms. The lowest BCUT2D eigenvalue weighted by atomic mass is 10.1. The molecule has 1 aliphatic heterocycles. The smallest absolute Gasteiger partial charge is 0.194 e. The van der Waals surface area contributed by atoms with Crippen molar-refractivity contribution in [1.29, 1.82) is 0 Å². The number of rotatable bonds is 5. The number of benzene rings is 1. The predicted octanol–water partition coefficient (Wildman–Crippen LogP) is 3.47. The number of guanidine groups is 1. The van der Waals surface area contributed by atoms with Gasteiger partial charge in [0.15, 0.2) is 5.96 Å². The maximum Gasteiger partial charge on any atom is 0.194 e. The zero-order valence-electron chi connectivity index (χ0n) is 15.2. The first-order valence-corrected chi connectivity index (χ1v) is 9.63. The quantitative estimate of drug-likeness (QED) is 0.384. The second-order valence-corrected chi connectivity index (χ2v) is 7.70. The molecule has 2 N–H and O–H groups in total. The molecule has 1 aromatic carbocycles. The molecule has 1 atom stereocenters. The van der Waals surface area contributed by atoms with Gasteiger partial charge in [0.2, 0.25) is 0 Å². The van der Waals surface area contributed by atoms with Crippen LogP contribution in [0.5, 0.6) is 0 Å². The van der Waals surface area contributed by atoms with Crippen molar-refractivity contribution in [3.63, 3.8) is 0 Å². The van der Waals surface area contributed by atoms with Gasteiger partial charge in [0.25, 0.3) is 0 Å². The van der Waals surface area contributed by atoms with E-state index < -0.39 is 0 Å². The van der Waals surface area contributed by atoms with Crippen LogP contribution in [0.25, 0.3) is 0 Å². The molecule has 4 nitrogen and oxygen atoms in total. The molecule has 142 valence electrons. The summed E-state index contributed by atoms with van der Waals surface area (Å²) in [6.45, 7) is 9.59. The summed E-state index contributed by atoms with van der Waals surface area (Å²) in [5.41, 5.74) is 1.23. The topological polar surface area (TPSA) is 47.9 Å². The largest absolute Gasteiger partial charge is 0.392 e. The summed E-state index contributed by atoms with van der Waals surface area (Å²) in [6.07, 6.45) is 0. The van der Waals surface area contributed by atoms with Crippen LogP contribution in [-0.4, -0.2) is 46.6 Å². The summed E-state index contributed by atoms with van der Waals surface area (Å²) in [4.78, 5) is 7.04. The molecular formula is C18H29FIN3OS. The van der Waals surface area contributed by atoms with Crippen LogP contribution in [-0.2, 0) is 13.2 Å². The fraction of sp³-hybridized carbons (Fsp3) is 0.611. The lowest BCUT2D eigenvalue weighted by Crippen LogP contribution is -2.49. The highest BCUT2D eigenvalue weighted by atomic mass is 127. The maximum absolute atomic E-state index is 13.5. The van der Waals surface area contributed by atoms with E-state index >= 15 is 0 Å². The van der Waals surface area contributed by atoms with Gasteiger partial charge in [0.1, 0.15) is 5.82 Å². The Labute approximate surface area is 171 Å². The second-order valence-electron chi connectivity index (χ2n) is 6.35. The number of hydrogen-bond acceptors (Lipinski definition) is 3. The lowest BCUT2D eigenvalue weighted by Gasteiger charge is -2.36. The average Bonchev–Trinajstić information content (AvgIpc) is 2.59. The zero-order chi connectivity index (χ0) is 17.5. The van der Waals surface area contributed by atoms with E-state index in [9.17, 15) is 9.50 Å². The molecule has 1 unspecified atom stereocenters. The van der Waals surface area contributed by atoms with Crippen LogP contribution < -0.4 is 5.32 Å². The first kappa shape index (κ1) is 22.5. The Morgan fingerprint density at radius 3 is 2.88 bits per heavy atom.